The first kappa shape index (κ1) is 16.2. The summed E-state index contributed by atoms with van der Waals surface area (Å²) in [6.07, 6.45) is -3.96. The van der Waals surface area contributed by atoms with Gasteiger partial charge in [-0.1, -0.05) is 15.9 Å². The molecule has 3 N–H and O–H groups in total. The molecule has 0 aliphatic carbocycles. The van der Waals surface area contributed by atoms with Gasteiger partial charge in [0.2, 0.25) is 10.0 Å². The molecule has 4 nitrogen and oxygen atoms in total. The molecule has 0 spiro atoms. The monoisotopic (exact) mass is 364 g/mol. The van der Waals surface area contributed by atoms with Gasteiger partial charge in [0.1, 0.15) is 4.90 Å². The van der Waals surface area contributed by atoms with Gasteiger partial charge in [-0.15, -0.1) is 0 Å². The highest BCUT2D eigenvalue weighted by atomic mass is 79.9. The number of halogens is 5. The number of nitrogen functional groups attached to an aromatic ring is 1. The van der Waals surface area contributed by atoms with E-state index in [4.69, 9.17) is 5.73 Å². The minimum atomic E-state index is -4.45. The topological polar surface area (TPSA) is 72.2 Å². The first-order chi connectivity index (χ1) is 8.56. The molecular weight excluding hydrogens is 356 g/mol. The van der Waals surface area contributed by atoms with Crippen molar-refractivity contribution < 1.29 is 26.0 Å². The maximum atomic E-state index is 12.7. The Bertz CT molecular complexity index is 565. The average Bonchev–Trinajstić information content (AvgIpc) is 2.30. The Morgan fingerprint density at radius 3 is 2.47 bits per heavy atom. The quantitative estimate of drug-likeness (QED) is 0.621. The van der Waals surface area contributed by atoms with E-state index in [1.165, 1.54) is 16.9 Å². The molecule has 1 rings (SSSR count). The van der Waals surface area contributed by atoms with E-state index >= 15 is 0 Å². The molecule has 0 fully saturated rings. The lowest BCUT2D eigenvalue weighted by Crippen LogP contribution is -2.41. The molecule has 0 unspecified atom stereocenters. The summed E-state index contributed by atoms with van der Waals surface area (Å²) >= 11 is 2.99. The Hall–Kier alpha value is -0.870. The predicted molar refractivity (Wildman–Crippen MR) is 64.7 cm³/mol. The number of nitrogens with two attached hydrogens (primary N) is 1. The molecule has 10 heteroatoms. The zero-order valence-corrected chi connectivity index (χ0v) is 11.6. The molecular formula is C9H9BrF4N2O2S. The number of hydrogen-bond acceptors (Lipinski definition) is 3. The van der Waals surface area contributed by atoms with Crippen LogP contribution in [0.5, 0.6) is 0 Å². The number of alkyl halides is 4. The lowest BCUT2D eigenvalue weighted by molar-refractivity contribution is -0.122. The Morgan fingerprint density at radius 2 is 1.95 bits per heavy atom. The summed E-state index contributed by atoms with van der Waals surface area (Å²) < 4.78 is 74.3. The molecule has 0 radical (unpaired) electrons. The molecule has 0 bridgehead atoms. The van der Waals surface area contributed by atoms with Gasteiger partial charge in [-0.05, 0) is 18.2 Å². The van der Waals surface area contributed by atoms with Crippen LogP contribution in [0.1, 0.15) is 0 Å². The van der Waals surface area contributed by atoms with Gasteiger partial charge in [-0.25, -0.2) is 21.9 Å². The van der Waals surface area contributed by atoms with Crippen molar-refractivity contribution in [3.05, 3.63) is 22.7 Å². The summed E-state index contributed by atoms with van der Waals surface area (Å²) in [5.74, 6) is -4.45. The Balaban J connectivity index is 2.97. The van der Waals surface area contributed by atoms with Crippen LogP contribution in [0.2, 0.25) is 0 Å². The first-order valence-electron chi connectivity index (χ1n) is 4.77. The van der Waals surface area contributed by atoms with Gasteiger partial charge in [0.15, 0.2) is 0 Å². The number of hydrogen-bond donors (Lipinski definition) is 2. The van der Waals surface area contributed by atoms with Gasteiger partial charge < -0.3 is 5.73 Å². The fourth-order valence-corrected chi connectivity index (χ4v) is 2.80. The maximum absolute atomic E-state index is 12.7. The van der Waals surface area contributed by atoms with E-state index in [0.717, 1.165) is 6.07 Å². The van der Waals surface area contributed by atoms with Gasteiger partial charge in [-0.2, -0.15) is 8.78 Å². The van der Waals surface area contributed by atoms with Crippen molar-refractivity contribution >= 4 is 31.6 Å². The van der Waals surface area contributed by atoms with Crippen LogP contribution >= 0.6 is 15.9 Å². The van der Waals surface area contributed by atoms with Crippen molar-refractivity contribution in [3.8, 4) is 0 Å². The molecule has 0 aliphatic rings. The summed E-state index contributed by atoms with van der Waals surface area (Å²) in [4.78, 5) is -0.466. The molecule has 0 aromatic heterocycles. The van der Waals surface area contributed by atoms with Crippen molar-refractivity contribution in [1.29, 1.82) is 0 Å². The van der Waals surface area contributed by atoms with Gasteiger partial charge in [0.05, 0.1) is 12.2 Å². The highest BCUT2D eigenvalue weighted by molar-refractivity contribution is 9.10. The minimum Gasteiger partial charge on any atom is -0.398 e. The third-order valence-corrected chi connectivity index (χ3v) is 4.03. The van der Waals surface area contributed by atoms with Crippen molar-refractivity contribution in [1.82, 2.24) is 4.72 Å². The van der Waals surface area contributed by atoms with Crippen molar-refractivity contribution in [2.45, 2.75) is 17.2 Å². The molecule has 0 saturated heterocycles. The molecule has 0 amide bonds. The van der Waals surface area contributed by atoms with E-state index in [-0.39, 0.29) is 5.69 Å². The van der Waals surface area contributed by atoms with E-state index in [9.17, 15) is 26.0 Å². The lowest BCUT2D eigenvalue weighted by Gasteiger charge is -2.16. The maximum Gasteiger partial charge on any atom is 0.320 e. The van der Waals surface area contributed by atoms with E-state index in [2.05, 4.69) is 15.9 Å². The zero-order chi connectivity index (χ0) is 14.8. The minimum absolute atomic E-state index is 0.184. The molecule has 0 atom stereocenters. The highest BCUT2D eigenvalue weighted by Gasteiger charge is 2.41. The van der Waals surface area contributed by atoms with E-state index in [0.29, 0.717) is 4.47 Å². The fraction of sp³-hybridized carbons (Fsp3) is 0.333. The van der Waals surface area contributed by atoms with Gasteiger partial charge in [0, 0.05) is 4.47 Å². The number of sulfonamides is 1. The summed E-state index contributed by atoms with van der Waals surface area (Å²) in [6.45, 7) is -1.71. The van der Waals surface area contributed by atoms with Crippen LogP contribution in [0.3, 0.4) is 0 Å². The largest absolute Gasteiger partial charge is 0.398 e. The molecule has 108 valence electrons. The second kappa shape index (κ2) is 5.63. The smallest absolute Gasteiger partial charge is 0.320 e. The predicted octanol–water partition coefficient (Wildman–Crippen LogP) is 2.21. The second-order valence-electron chi connectivity index (χ2n) is 3.57. The van der Waals surface area contributed by atoms with Gasteiger partial charge >= 0.3 is 12.3 Å². The summed E-state index contributed by atoms with van der Waals surface area (Å²) in [5.41, 5.74) is 5.21. The van der Waals surface area contributed by atoms with Crippen molar-refractivity contribution in [2.24, 2.45) is 0 Å². The summed E-state index contributed by atoms with van der Waals surface area (Å²) in [5, 5.41) is 0. The molecule has 1 aromatic rings. The van der Waals surface area contributed by atoms with Crippen LogP contribution in [0.4, 0.5) is 23.2 Å². The standard InChI is InChI=1S/C9H9BrF4N2O2S/c10-5-1-2-6(15)7(3-5)19(17,18)16-4-9(13,14)8(11)12/h1-3,8,16H,4,15H2. The lowest BCUT2D eigenvalue weighted by atomic mass is 10.3. The number of nitrogens with one attached hydrogen (secondary N) is 1. The third-order valence-electron chi connectivity index (χ3n) is 2.08. The summed E-state index contributed by atoms with van der Waals surface area (Å²) in [7, 11) is -4.40. The Kier molecular flexibility index (Phi) is 4.80. The molecule has 0 heterocycles. The van der Waals surface area contributed by atoms with Crippen LogP contribution < -0.4 is 10.5 Å². The fourth-order valence-electron chi connectivity index (χ4n) is 1.09. The van der Waals surface area contributed by atoms with Crippen molar-refractivity contribution in [2.75, 3.05) is 12.3 Å². The molecule has 19 heavy (non-hydrogen) atoms. The van der Waals surface area contributed by atoms with E-state index < -0.39 is 33.8 Å². The van der Waals surface area contributed by atoms with Gasteiger partial charge in [0.25, 0.3) is 0 Å². The van der Waals surface area contributed by atoms with Crippen molar-refractivity contribution in [3.63, 3.8) is 0 Å². The highest BCUT2D eigenvalue weighted by Crippen LogP contribution is 2.25. The number of rotatable bonds is 5. The van der Waals surface area contributed by atoms with Crippen LogP contribution in [0.15, 0.2) is 27.6 Å². The third kappa shape index (κ3) is 4.05. The molecule has 1 aromatic carbocycles. The first-order valence-corrected chi connectivity index (χ1v) is 7.04. The Labute approximate surface area is 115 Å². The SMILES string of the molecule is Nc1ccc(Br)cc1S(=O)(=O)NCC(F)(F)C(F)F. The van der Waals surface area contributed by atoms with Crippen LogP contribution in [-0.2, 0) is 10.0 Å². The van der Waals surface area contributed by atoms with E-state index in [1.807, 2.05) is 0 Å². The van der Waals surface area contributed by atoms with Crippen LogP contribution in [-0.4, -0.2) is 27.3 Å². The van der Waals surface area contributed by atoms with E-state index in [1.54, 1.807) is 0 Å². The number of benzene rings is 1. The Morgan fingerprint density at radius 1 is 1.37 bits per heavy atom. The number of anilines is 1. The van der Waals surface area contributed by atoms with Gasteiger partial charge in [-0.3, -0.25) is 0 Å². The molecule has 0 saturated carbocycles. The molecule has 0 aliphatic heterocycles. The van der Waals surface area contributed by atoms with Crippen LogP contribution in [0, 0.1) is 0 Å². The van der Waals surface area contributed by atoms with Crippen LogP contribution in [0.25, 0.3) is 0 Å². The zero-order valence-electron chi connectivity index (χ0n) is 9.21. The normalized spacial score (nSPS) is 12.9. The second-order valence-corrected chi connectivity index (χ2v) is 6.22. The summed E-state index contributed by atoms with van der Waals surface area (Å²) in [6, 6.07) is 3.77. The average molecular weight is 365 g/mol.